The quantitative estimate of drug-likeness (QED) is 0.796. The summed E-state index contributed by atoms with van der Waals surface area (Å²) in [5, 5.41) is 6.00. The lowest BCUT2D eigenvalue weighted by molar-refractivity contribution is -0.106. The van der Waals surface area contributed by atoms with E-state index < -0.39 is 0 Å². The summed E-state index contributed by atoms with van der Waals surface area (Å²) < 4.78 is 0. The lowest BCUT2D eigenvalue weighted by Gasteiger charge is -2.08. The van der Waals surface area contributed by atoms with Crippen molar-refractivity contribution in [3.05, 3.63) is 57.6 Å². The van der Waals surface area contributed by atoms with Crippen molar-refractivity contribution in [2.24, 2.45) is 0 Å². The zero-order chi connectivity index (χ0) is 15.2. The molecule has 2 rings (SSSR count). The molecular formula is C15H12Cl2N2O2. The predicted octanol–water partition coefficient (Wildman–Crippen LogP) is 3.72. The Hall–Kier alpha value is -2.04. The third kappa shape index (κ3) is 3.97. The van der Waals surface area contributed by atoms with Gasteiger partial charge in [-0.25, -0.2) is 0 Å². The Morgan fingerprint density at radius 3 is 1.57 bits per heavy atom. The number of amides is 2. The molecule has 0 heterocycles. The molecule has 6 heteroatoms. The summed E-state index contributed by atoms with van der Waals surface area (Å²) >= 11 is 12.2. The molecule has 108 valence electrons. The number of rotatable bonds is 6. The van der Waals surface area contributed by atoms with Crippen molar-refractivity contribution in [3.8, 4) is 0 Å². The van der Waals surface area contributed by atoms with E-state index in [-0.39, 0.29) is 0 Å². The lowest BCUT2D eigenvalue weighted by atomic mass is 10.0. The summed E-state index contributed by atoms with van der Waals surface area (Å²) in [5.74, 6) is 0. The third-order valence-corrected chi connectivity index (χ3v) is 3.53. The van der Waals surface area contributed by atoms with Crippen LogP contribution in [0.4, 0.5) is 11.4 Å². The van der Waals surface area contributed by atoms with Crippen LogP contribution in [0.1, 0.15) is 11.1 Å². The van der Waals surface area contributed by atoms with Crippen LogP contribution in [-0.4, -0.2) is 12.8 Å². The first-order valence-electron chi connectivity index (χ1n) is 6.11. The number of carbonyl (C=O) groups is 2. The standard InChI is InChI=1S/C15H12Cl2N2O2/c16-12-6-10(1-3-14(12)18-8-20)5-11-2-4-15(19-9-21)13(17)7-11/h1-4,6-9H,5H2,(H,18,20)(H,19,21). The van der Waals surface area contributed by atoms with E-state index in [2.05, 4.69) is 10.6 Å². The number of hydrogen-bond acceptors (Lipinski definition) is 2. The third-order valence-electron chi connectivity index (χ3n) is 2.90. The van der Waals surface area contributed by atoms with Crippen LogP contribution >= 0.6 is 23.2 Å². The molecule has 2 aromatic carbocycles. The molecule has 0 aromatic heterocycles. The first-order chi connectivity index (χ1) is 10.1. The molecule has 4 nitrogen and oxygen atoms in total. The molecule has 0 radical (unpaired) electrons. The maximum absolute atomic E-state index is 10.4. The van der Waals surface area contributed by atoms with Crippen LogP contribution in [0, 0.1) is 0 Å². The van der Waals surface area contributed by atoms with Crippen LogP contribution in [-0.2, 0) is 16.0 Å². The van der Waals surface area contributed by atoms with Gasteiger partial charge in [0.05, 0.1) is 21.4 Å². The predicted molar refractivity (Wildman–Crippen MR) is 85.1 cm³/mol. The number of anilines is 2. The number of halogens is 2. The Bertz CT molecular complexity index is 617. The Morgan fingerprint density at radius 1 is 0.810 bits per heavy atom. The van der Waals surface area contributed by atoms with Gasteiger partial charge in [-0.2, -0.15) is 0 Å². The van der Waals surface area contributed by atoms with Crippen molar-refractivity contribution in [2.75, 3.05) is 10.6 Å². The number of hydrogen-bond donors (Lipinski definition) is 2. The van der Waals surface area contributed by atoms with Crippen molar-refractivity contribution >= 4 is 47.4 Å². The fourth-order valence-electron chi connectivity index (χ4n) is 1.93. The van der Waals surface area contributed by atoms with Crippen molar-refractivity contribution < 1.29 is 9.59 Å². The smallest absolute Gasteiger partial charge is 0.211 e. The van der Waals surface area contributed by atoms with Crippen molar-refractivity contribution in [3.63, 3.8) is 0 Å². The van der Waals surface area contributed by atoms with E-state index in [1.165, 1.54) is 0 Å². The molecule has 2 aromatic rings. The molecule has 0 aliphatic rings. The SMILES string of the molecule is O=CNc1ccc(Cc2ccc(NC=O)c(Cl)c2)cc1Cl. The molecule has 0 atom stereocenters. The average Bonchev–Trinajstić information content (AvgIpc) is 2.45. The van der Waals surface area contributed by atoms with Crippen LogP contribution in [0.5, 0.6) is 0 Å². The Balaban J connectivity index is 2.18. The molecule has 0 saturated heterocycles. The molecule has 0 aliphatic carbocycles. The zero-order valence-electron chi connectivity index (χ0n) is 10.9. The highest BCUT2D eigenvalue weighted by molar-refractivity contribution is 6.34. The first kappa shape index (κ1) is 15.4. The molecule has 2 amide bonds. The van der Waals surface area contributed by atoms with E-state index in [0.717, 1.165) is 11.1 Å². The molecule has 0 spiro atoms. The van der Waals surface area contributed by atoms with Crippen molar-refractivity contribution in [1.29, 1.82) is 0 Å². The normalized spacial score (nSPS) is 10.0. The van der Waals surface area contributed by atoms with Crippen molar-refractivity contribution in [2.45, 2.75) is 6.42 Å². The van der Waals surface area contributed by atoms with Crippen LogP contribution < -0.4 is 10.6 Å². The Kier molecular flexibility index (Phi) is 5.20. The molecule has 2 N–H and O–H groups in total. The fraction of sp³-hybridized carbons (Fsp3) is 0.0667. The molecule has 0 bridgehead atoms. The summed E-state index contributed by atoms with van der Waals surface area (Å²) in [7, 11) is 0. The van der Waals surface area contributed by atoms with Gasteiger partial charge in [-0.05, 0) is 41.8 Å². The van der Waals surface area contributed by atoms with E-state index in [0.29, 0.717) is 40.7 Å². The number of nitrogens with one attached hydrogen (secondary N) is 2. The van der Waals surface area contributed by atoms with Gasteiger partial charge in [0, 0.05) is 0 Å². The first-order valence-corrected chi connectivity index (χ1v) is 6.87. The average molecular weight is 323 g/mol. The van der Waals surface area contributed by atoms with Gasteiger partial charge >= 0.3 is 0 Å². The van der Waals surface area contributed by atoms with Gasteiger partial charge < -0.3 is 10.6 Å². The van der Waals surface area contributed by atoms with Crippen molar-refractivity contribution in [1.82, 2.24) is 0 Å². The van der Waals surface area contributed by atoms with E-state index >= 15 is 0 Å². The second-order valence-electron chi connectivity index (χ2n) is 4.33. The second kappa shape index (κ2) is 7.11. The number of benzene rings is 2. The topological polar surface area (TPSA) is 58.2 Å². The minimum atomic E-state index is 0.477. The molecule has 0 unspecified atom stereocenters. The van der Waals surface area contributed by atoms with Crippen LogP contribution in [0.2, 0.25) is 10.0 Å². The minimum absolute atomic E-state index is 0.477. The number of carbonyl (C=O) groups excluding carboxylic acids is 2. The molecule has 0 fully saturated rings. The van der Waals surface area contributed by atoms with E-state index in [1.807, 2.05) is 12.1 Å². The molecular weight excluding hydrogens is 311 g/mol. The van der Waals surface area contributed by atoms with E-state index in [4.69, 9.17) is 23.2 Å². The second-order valence-corrected chi connectivity index (χ2v) is 5.14. The summed E-state index contributed by atoms with van der Waals surface area (Å²) in [6.07, 6.45) is 1.81. The Labute approximate surface area is 132 Å². The zero-order valence-corrected chi connectivity index (χ0v) is 12.4. The molecule has 0 aliphatic heterocycles. The van der Waals surface area contributed by atoms with Gasteiger partial charge in [0.25, 0.3) is 0 Å². The van der Waals surface area contributed by atoms with Gasteiger partial charge in [-0.3, -0.25) is 9.59 Å². The van der Waals surface area contributed by atoms with Gasteiger partial charge in [-0.15, -0.1) is 0 Å². The van der Waals surface area contributed by atoms with Gasteiger partial charge in [0.2, 0.25) is 12.8 Å². The lowest BCUT2D eigenvalue weighted by Crippen LogP contribution is -1.97. The maximum atomic E-state index is 10.4. The minimum Gasteiger partial charge on any atom is -0.327 e. The summed E-state index contributed by atoms with van der Waals surface area (Å²) in [6, 6.07) is 10.8. The highest BCUT2D eigenvalue weighted by Gasteiger charge is 2.05. The van der Waals surface area contributed by atoms with Crippen LogP contribution in [0.3, 0.4) is 0 Å². The van der Waals surface area contributed by atoms with E-state index in [9.17, 15) is 9.59 Å². The van der Waals surface area contributed by atoms with Gasteiger partial charge in [0.1, 0.15) is 0 Å². The fourth-order valence-corrected chi connectivity index (χ4v) is 2.45. The largest absolute Gasteiger partial charge is 0.327 e. The van der Waals surface area contributed by atoms with Crippen LogP contribution in [0.15, 0.2) is 36.4 Å². The molecule has 21 heavy (non-hydrogen) atoms. The summed E-state index contributed by atoms with van der Waals surface area (Å²) in [5.41, 5.74) is 3.12. The van der Waals surface area contributed by atoms with Gasteiger partial charge in [0.15, 0.2) is 0 Å². The Morgan fingerprint density at radius 2 is 1.24 bits per heavy atom. The highest BCUT2D eigenvalue weighted by Crippen LogP contribution is 2.26. The van der Waals surface area contributed by atoms with Crippen LogP contribution in [0.25, 0.3) is 0 Å². The summed E-state index contributed by atoms with van der Waals surface area (Å²) in [6.45, 7) is 0. The summed E-state index contributed by atoms with van der Waals surface area (Å²) in [4.78, 5) is 20.8. The molecule has 0 saturated carbocycles. The van der Waals surface area contributed by atoms with E-state index in [1.54, 1.807) is 24.3 Å². The maximum Gasteiger partial charge on any atom is 0.211 e. The van der Waals surface area contributed by atoms with Gasteiger partial charge in [-0.1, -0.05) is 35.3 Å². The monoisotopic (exact) mass is 322 g/mol. The highest BCUT2D eigenvalue weighted by atomic mass is 35.5.